The number of alkyl halides is 3. The van der Waals surface area contributed by atoms with Gasteiger partial charge in [-0.25, -0.2) is 9.97 Å². The van der Waals surface area contributed by atoms with Crippen LogP contribution in [0.4, 0.5) is 19.0 Å². The molecule has 0 saturated carbocycles. The monoisotopic (exact) mass is 508 g/mol. The maximum atomic E-state index is 14.3. The van der Waals surface area contributed by atoms with Crippen LogP contribution in [0.25, 0.3) is 10.9 Å². The summed E-state index contributed by atoms with van der Waals surface area (Å²) in [5.74, 6) is -3.24. The summed E-state index contributed by atoms with van der Waals surface area (Å²) in [6.07, 6.45) is -2.65. The summed E-state index contributed by atoms with van der Waals surface area (Å²) < 4.78 is 43.8. The summed E-state index contributed by atoms with van der Waals surface area (Å²) in [6.45, 7) is -0.382. The molecule has 2 aromatic carbocycles. The van der Waals surface area contributed by atoms with Crippen molar-refractivity contribution in [2.24, 2.45) is 0 Å². The quantitative estimate of drug-likeness (QED) is 0.280. The molecule has 7 nitrogen and oxygen atoms in total. The van der Waals surface area contributed by atoms with Crippen LogP contribution in [0.2, 0.25) is 10.0 Å². The summed E-state index contributed by atoms with van der Waals surface area (Å²) in [5.41, 5.74) is -2.00. The lowest BCUT2D eigenvalue weighted by Gasteiger charge is -2.15. The Balaban J connectivity index is 1.91. The zero-order chi connectivity index (χ0) is 24.6. The molecule has 0 aliphatic heterocycles. The van der Waals surface area contributed by atoms with E-state index in [9.17, 15) is 27.9 Å². The second-order valence-electron chi connectivity index (χ2n) is 7.12. The highest BCUT2D eigenvalue weighted by molar-refractivity contribution is 6.48. The number of hydrogen-bond acceptors (Lipinski definition) is 5. The number of amides is 1. The summed E-state index contributed by atoms with van der Waals surface area (Å²) in [5, 5.41) is 12.2. The van der Waals surface area contributed by atoms with Crippen molar-refractivity contribution in [1.29, 1.82) is 0 Å². The van der Waals surface area contributed by atoms with Crippen molar-refractivity contribution in [3.05, 3.63) is 81.9 Å². The van der Waals surface area contributed by atoms with E-state index in [-0.39, 0.29) is 34.0 Å². The molecule has 4 rings (SSSR count). The molecule has 0 spiro atoms. The maximum absolute atomic E-state index is 14.3. The first-order valence-electron chi connectivity index (χ1n) is 9.54. The smallest absolute Gasteiger partial charge is 0.432 e. The van der Waals surface area contributed by atoms with E-state index in [4.69, 9.17) is 23.2 Å². The maximum Gasteiger partial charge on any atom is 0.432 e. The number of phenols is 1. The van der Waals surface area contributed by atoms with Crippen molar-refractivity contribution in [3.8, 4) is 5.75 Å². The lowest BCUT2D eigenvalue weighted by molar-refractivity contribution is -0.143. The number of carbonyl (C=O) groups is 2. The van der Waals surface area contributed by atoms with Gasteiger partial charge < -0.3 is 15.0 Å². The van der Waals surface area contributed by atoms with E-state index in [1.54, 1.807) is 0 Å². The van der Waals surface area contributed by atoms with Crippen LogP contribution in [-0.4, -0.2) is 31.3 Å². The van der Waals surface area contributed by atoms with Gasteiger partial charge in [0.05, 0.1) is 5.56 Å². The van der Waals surface area contributed by atoms with Gasteiger partial charge in [0.15, 0.2) is 0 Å². The average molecular weight is 509 g/mol. The number of anilines is 1. The van der Waals surface area contributed by atoms with Crippen LogP contribution in [0, 0.1) is 0 Å². The molecule has 2 heterocycles. The molecule has 0 saturated heterocycles. The number of halogens is 5. The number of phenolic OH excluding ortho intramolecular Hbond substituents is 1. The second kappa shape index (κ2) is 8.96. The highest BCUT2D eigenvalue weighted by Gasteiger charge is 2.42. The zero-order valence-electron chi connectivity index (χ0n) is 16.9. The number of aromatic hydroxyl groups is 1. The van der Waals surface area contributed by atoms with Gasteiger partial charge in [-0.1, -0.05) is 29.3 Å². The molecule has 0 atom stereocenters. The second-order valence-corrected chi connectivity index (χ2v) is 7.97. The topological polar surface area (TPSA) is 97.1 Å². The number of nitrogens with zero attached hydrogens (tertiary/aromatic N) is 3. The standard InChI is InChI=1S/C22H13Cl2F3N4O3/c23-12-2-1-11(15(24)7-12)9-31-16-4-3-13(32)8-14(16)18(20(31)22(25,26)27)19(33)21(34)30-17-5-6-28-10-29-17/h1-8,10,32H,9H2,(H,28,29,30,34). The van der Waals surface area contributed by atoms with Crippen LogP contribution in [0.15, 0.2) is 55.0 Å². The Morgan fingerprint density at radius 1 is 1.09 bits per heavy atom. The third kappa shape index (κ3) is 4.55. The fourth-order valence-corrected chi connectivity index (χ4v) is 3.97. The Bertz CT molecular complexity index is 1420. The van der Waals surface area contributed by atoms with Gasteiger partial charge in [0, 0.05) is 33.7 Å². The number of rotatable bonds is 5. The van der Waals surface area contributed by atoms with Crippen molar-refractivity contribution < 1.29 is 27.9 Å². The minimum atomic E-state index is -5.03. The third-order valence-corrected chi connectivity index (χ3v) is 5.50. The van der Waals surface area contributed by atoms with Gasteiger partial charge in [0.1, 0.15) is 23.6 Å². The molecule has 1 amide bonds. The van der Waals surface area contributed by atoms with E-state index in [1.165, 1.54) is 42.6 Å². The van der Waals surface area contributed by atoms with Gasteiger partial charge in [-0.05, 0) is 42.0 Å². The molecule has 0 unspecified atom stereocenters. The minimum absolute atomic E-state index is 0.0330. The Morgan fingerprint density at radius 2 is 1.85 bits per heavy atom. The molecule has 12 heteroatoms. The molecule has 2 N–H and O–H groups in total. The van der Waals surface area contributed by atoms with Crippen molar-refractivity contribution >= 4 is 51.6 Å². The van der Waals surface area contributed by atoms with Crippen molar-refractivity contribution in [2.75, 3.05) is 5.32 Å². The van der Waals surface area contributed by atoms with E-state index in [2.05, 4.69) is 15.3 Å². The lowest BCUT2D eigenvalue weighted by atomic mass is 10.0. The predicted molar refractivity (Wildman–Crippen MR) is 119 cm³/mol. The molecule has 0 fully saturated rings. The molecule has 0 radical (unpaired) electrons. The van der Waals surface area contributed by atoms with E-state index in [0.29, 0.717) is 10.6 Å². The molecule has 0 aliphatic carbocycles. The van der Waals surface area contributed by atoms with E-state index in [0.717, 1.165) is 17.0 Å². The van der Waals surface area contributed by atoms with Crippen molar-refractivity contribution in [1.82, 2.24) is 14.5 Å². The molecule has 174 valence electrons. The van der Waals surface area contributed by atoms with E-state index >= 15 is 0 Å². The van der Waals surface area contributed by atoms with E-state index < -0.39 is 29.1 Å². The molecule has 34 heavy (non-hydrogen) atoms. The van der Waals surface area contributed by atoms with Crippen LogP contribution in [0.1, 0.15) is 21.6 Å². The summed E-state index contributed by atoms with van der Waals surface area (Å²) in [4.78, 5) is 33.0. The van der Waals surface area contributed by atoms with Gasteiger partial charge >= 0.3 is 6.18 Å². The Hall–Kier alpha value is -3.63. The van der Waals surface area contributed by atoms with Crippen molar-refractivity contribution in [3.63, 3.8) is 0 Å². The SMILES string of the molecule is O=C(Nc1ccncn1)C(=O)c1c(C(F)(F)F)n(Cc2ccc(Cl)cc2Cl)c2ccc(O)cc12. The number of nitrogens with one attached hydrogen (secondary N) is 1. The molecular weight excluding hydrogens is 496 g/mol. The highest BCUT2D eigenvalue weighted by Crippen LogP contribution is 2.40. The molecule has 2 aromatic heterocycles. The van der Waals surface area contributed by atoms with Crippen LogP contribution in [0.5, 0.6) is 5.75 Å². The first kappa shape index (κ1) is 23.5. The number of aromatic nitrogens is 3. The van der Waals surface area contributed by atoms with Gasteiger partial charge in [-0.15, -0.1) is 0 Å². The number of hydrogen-bond donors (Lipinski definition) is 2. The Labute approximate surface area is 199 Å². The number of fused-ring (bicyclic) bond motifs is 1. The lowest BCUT2D eigenvalue weighted by Crippen LogP contribution is -2.26. The molecule has 0 bridgehead atoms. The summed E-state index contributed by atoms with van der Waals surface area (Å²) in [7, 11) is 0. The first-order valence-corrected chi connectivity index (χ1v) is 10.3. The Morgan fingerprint density at radius 3 is 2.50 bits per heavy atom. The summed E-state index contributed by atoms with van der Waals surface area (Å²) in [6, 6.07) is 8.98. The number of benzene rings is 2. The largest absolute Gasteiger partial charge is 0.508 e. The Kier molecular flexibility index (Phi) is 6.20. The van der Waals surface area contributed by atoms with Crippen LogP contribution in [-0.2, 0) is 17.5 Å². The van der Waals surface area contributed by atoms with Gasteiger partial charge in [-0.2, -0.15) is 13.2 Å². The van der Waals surface area contributed by atoms with Crippen LogP contribution < -0.4 is 5.32 Å². The fraction of sp³-hybridized carbons (Fsp3) is 0.0909. The van der Waals surface area contributed by atoms with E-state index in [1.807, 2.05) is 0 Å². The molecular formula is C22H13Cl2F3N4O3. The van der Waals surface area contributed by atoms with Gasteiger partial charge in [0.2, 0.25) is 0 Å². The van der Waals surface area contributed by atoms with Gasteiger partial charge in [-0.3, -0.25) is 9.59 Å². The number of carbonyl (C=O) groups excluding carboxylic acids is 2. The predicted octanol–water partition coefficient (Wildman–Crippen LogP) is 5.33. The number of Topliss-reactive ketones (excluding diaryl/α,β-unsaturated/α-hetero) is 1. The summed E-state index contributed by atoms with van der Waals surface area (Å²) >= 11 is 12.1. The normalized spacial score (nSPS) is 11.6. The van der Waals surface area contributed by atoms with Gasteiger partial charge in [0.25, 0.3) is 11.7 Å². The number of ketones is 1. The molecule has 4 aromatic rings. The van der Waals surface area contributed by atoms with Crippen LogP contribution >= 0.6 is 23.2 Å². The van der Waals surface area contributed by atoms with Crippen LogP contribution in [0.3, 0.4) is 0 Å². The highest BCUT2D eigenvalue weighted by atomic mass is 35.5. The third-order valence-electron chi connectivity index (χ3n) is 4.92. The fourth-order valence-electron chi connectivity index (χ4n) is 3.50. The minimum Gasteiger partial charge on any atom is -0.508 e. The van der Waals surface area contributed by atoms with Crippen molar-refractivity contribution in [2.45, 2.75) is 12.7 Å². The zero-order valence-corrected chi connectivity index (χ0v) is 18.4. The molecule has 0 aliphatic rings. The average Bonchev–Trinajstić information content (AvgIpc) is 3.09. The first-order chi connectivity index (χ1) is 16.1.